The van der Waals surface area contributed by atoms with Gasteiger partial charge in [-0.25, -0.2) is 0 Å². The quantitative estimate of drug-likeness (QED) is 0.911. The summed E-state index contributed by atoms with van der Waals surface area (Å²) in [6.07, 6.45) is 10.9. The van der Waals surface area contributed by atoms with Crippen molar-refractivity contribution in [3.8, 4) is 11.3 Å². The molecule has 5 rings (SSSR count). The van der Waals surface area contributed by atoms with Crippen LogP contribution in [0.4, 0.5) is 5.69 Å². The molecule has 0 amide bonds. The number of aromatic nitrogens is 2. The lowest BCUT2D eigenvalue weighted by atomic mass is 10.00. The van der Waals surface area contributed by atoms with Crippen molar-refractivity contribution in [2.75, 3.05) is 12.4 Å². The monoisotopic (exact) mass is 325 g/mol. The molecule has 2 aromatic rings. The van der Waals surface area contributed by atoms with Gasteiger partial charge in [-0.2, -0.15) is 5.10 Å². The summed E-state index contributed by atoms with van der Waals surface area (Å²) >= 11 is 0. The van der Waals surface area contributed by atoms with Crippen LogP contribution in [0.3, 0.4) is 0 Å². The molecule has 4 heteroatoms. The van der Waals surface area contributed by atoms with Crippen molar-refractivity contribution in [1.29, 1.82) is 0 Å². The van der Waals surface area contributed by atoms with Crippen molar-refractivity contribution in [2.24, 2.45) is 12.5 Å². The molecule has 0 atom stereocenters. The number of benzene rings is 1. The van der Waals surface area contributed by atoms with Gasteiger partial charge in [-0.3, -0.25) is 4.68 Å². The van der Waals surface area contributed by atoms with E-state index in [0.29, 0.717) is 0 Å². The first-order valence-corrected chi connectivity index (χ1v) is 8.80. The van der Waals surface area contributed by atoms with E-state index < -0.39 is 0 Å². The van der Waals surface area contributed by atoms with Gasteiger partial charge in [0, 0.05) is 31.5 Å². The summed E-state index contributed by atoms with van der Waals surface area (Å²) < 4.78 is 1.86. The van der Waals surface area contributed by atoms with Crippen LogP contribution in [-0.4, -0.2) is 23.6 Å². The van der Waals surface area contributed by atoms with Crippen molar-refractivity contribution < 1.29 is 4.79 Å². The van der Waals surface area contributed by atoms with E-state index in [0.717, 1.165) is 22.7 Å². The van der Waals surface area contributed by atoms with Gasteiger partial charge >= 0.3 is 0 Å². The third-order valence-corrected chi connectivity index (χ3v) is 5.26. The number of carbonyl (C=O) groups is 1. The van der Waals surface area contributed by atoms with Crippen molar-refractivity contribution in [3.63, 3.8) is 0 Å². The minimum Gasteiger partial charge on any atom is -0.388 e. The van der Waals surface area contributed by atoms with Gasteiger partial charge in [-0.15, -0.1) is 0 Å². The van der Waals surface area contributed by atoms with E-state index in [1.807, 2.05) is 31.8 Å². The lowest BCUT2D eigenvalue weighted by Crippen LogP contribution is -1.94. The van der Waals surface area contributed by atoms with Gasteiger partial charge in [0.05, 0.1) is 5.69 Å². The topological polar surface area (TPSA) is 46.9 Å². The number of hydrogen-bond acceptors (Lipinski definition) is 3. The van der Waals surface area contributed by atoms with Crippen LogP contribution in [0.15, 0.2) is 30.5 Å². The van der Waals surface area contributed by atoms with E-state index in [2.05, 4.69) is 34.7 Å². The Kier molecular flexibility index (Phi) is 4.74. The van der Waals surface area contributed by atoms with Gasteiger partial charge in [-0.1, -0.05) is 6.07 Å². The molecule has 0 saturated heterocycles. The van der Waals surface area contributed by atoms with Crippen molar-refractivity contribution >= 4 is 12.5 Å². The van der Waals surface area contributed by atoms with Crippen molar-refractivity contribution in [1.82, 2.24) is 9.78 Å². The molecule has 1 spiro atoms. The maximum atomic E-state index is 8.00. The standard InChI is InChI=1S/C14H17N3.C5H8.CH2O/c1-15-11-5-6-12(10-3-4-10)13(9-11)14-7-8-17(2)16-14;1-2-5(1)3-4-5;1-2/h5-10,15H,3-4H2,1-2H3;1-4H2;1H2. The highest BCUT2D eigenvalue weighted by atomic mass is 16.1. The number of anilines is 1. The van der Waals surface area contributed by atoms with Crippen LogP contribution in [0, 0.1) is 5.41 Å². The van der Waals surface area contributed by atoms with Crippen LogP contribution < -0.4 is 5.32 Å². The fourth-order valence-corrected chi connectivity index (χ4v) is 3.10. The van der Waals surface area contributed by atoms with Gasteiger partial charge in [0.2, 0.25) is 0 Å². The predicted octanol–water partition coefficient (Wildman–Crippen LogP) is 4.38. The highest BCUT2D eigenvalue weighted by molar-refractivity contribution is 5.70. The summed E-state index contributed by atoms with van der Waals surface area (Å²) in [6.45, 7) is 2.00. The first-order chi connectivity index (χ1) is 11.7. The summed E-state index contributed by atoms with van der Waals surface area (Å²) in [5, 5.41) is 7.71. The SMILES string of the molecule is C1CC12CC2.C=O.CNc1ccc(C2CC2)c(-c2ccn(C)n2)c1. The molecule has 3 saturated carbocycles. The number of hydrogen-bond donors (Lipinski definition) is 1. The molecule has 1 aromatic heterocycles. The molecule has 0 unspecified atom stereocenters. The van der Waals surface area contributed by atoms with Crippen LogP contribution in [0.1, 0.15) is 50.0 Å². The Morgan fingerprint density at radius 2 is 1.83 bits per heavy atom. The molecule has 1 aromatic carbocycles. The molecule has 0 bridgehead atoms. The maximum Gasteiger partial charge on any atom is 0.106 e. The van der Waals surface area contributed by atoms with E-state index in [1.165, 1.54) is 24.0 Å². The minimum atomic E-state index is 0.748. The fraction of sp³-hybridized carbons (Fsp3) is 0.500. The van der Waals surface area contributed by atoms with E-state index in [9.17, 15) is 0 Å². The van der Waals surface area contributed by atoms with Crippen molar-refractivity contribution in [2.45, 2.75) is 44.4 Å². The zero-order valence-corrected chi connectivity index (χ0v) is 14.7. The maximum absolute atomic E-state index is 8.00. The van der Waals surface area contributed by atoms with Crippen LogP contribution in [0.5, 0.6) is 0 Å². The first-order valence-electron chi connectivity index (χ1n) is 8.80. The fourth-order valence-electron chi connectivity index (χ4n) is 3.10. The second-order valence-corrected chi connectivity index (χ2v) is 7.20. The number of rotatable bonds is 3. The molecule has 128 valence electrons. The zero-order chi connectivity index (χ0) is 17.2. The van der Waals surface area contributed by atoms with E-state index in [1.54, 1.807) is 25.7 Å². The lowest BCUT2D eigenvalue weighted by Gasteiger charge is -2.09. The second-order valence-electron chi connectivity index (χ2n) is 7.20. The Hall–Kier alpha value is -2.10. The van der Waals surface area contributed by atoms with E-state index in [-0.39, 0.29) is 0 Å². The summed E-state index contributed by atoms with van der Waals surface area (Å²) in [5.41, 5.74) is 5.95. The molecular formula is C20H27N3O. The van der Waals surface area contributed by atoms with E-state index >= 15 is 0 Å². The van der Waals surface area contributed by atoms with Gasteiger partial charge in [0.25, 0.3) is 0 Å². The molecule has 0 aliphatic heterocycles. The van der Waals surface area contributed by atoms with Gasteiger partial charge in [0.15, 0.2) is 0 Å². The van der Waals surface area contributed by atoms with Crippen LogP contribution in [0.2, 0.25) is 0 Å². The first kappa shape index (κ1) is 16.7. The molecule has 3 fully saturated rings. The van der Waals surface area contributed by atoms with Gasteiger partial charge in [-0.05, 0) is 73.6 Å². The van der Waals surface area contributed by atoms with Gasteiger partial charge < -0.3 is 10.1 Å². The molecule has 1 heterocycles. The van der Waals surface area contributed by atoms with Crippen molar-refractivity contribution in [3.05, 3.63) is 36.0 Å². The lowest BCUT2D eigenvalue weighted by molar-refractivity contribution is -0.0979. The Balaban J connectivity index is 0.000000200. The van der Waals surface area contributed by atoms with Crippen LogP contribution >= 0.6 is 0 Å². The Morgan fingerprint density at radius 1 is 1.17 bits per heavy atom. The van der Waals surface area contributed by atoms with E-state index in [4.69, 9.17) is 4.79 Å². The highest BCUT2D eigenvalue weighted by Gasteiger charge is 2.52. The molecular weight excluding hydrogens is 298 g/mol. The average molecular weight is 325 g/mol. The number of aryl methyl sites for hydroxylation is 1. The molecule has 3 aliphatic rings. The number of nitrogens with one attached hydrogen (secondary N) is 1. The van der Waals surface area contributed by atoms with Crippen LogP contribution in [-0.2, 0) is 11.8 Å². The smallest absolute Gasteiger partial charge is 0.106 e. The minimum absolute atomic E-state index is 0.748. The largest absolute Gasteiger partial charge is 0.388 e. The summed E-state index contributed by atoms with van der Waals surface area (Å²) in [4.78, 5) is 8.00. The Morgan fingerprint density at radius 3 is 2.25 bits per heavy atom. The summed E-state index contributed by atoms with van der Waals surface area (Å²) in [6, 6.07) is 8.68. The predicted molar refractivity (Wildman–Crippen MR) is 98.2 cm³/mol. The zero-order valence-electron chi connectivity index (χ0n) is 14.7. The second kappa shape index (κ2) is 6.80. The summed E-state index contributed by atoms with van der Waals surface area (Å²) in [7, 11) is 3.91. The molecule has 3 aliphatic carbocycles. The normalized spacial score (nSPS) is 18.8. The average Bonchev–Trinajstić information content (AvgIpc) is 3.53. The summed E-state index contributed by atoms with van der Waals surface area (Å²) in [5.74, 6) is 0.748. The third kappa shape index (κ3) is 3.86. The third-order valence-electron chi connectivity index (χ3n) is 5.26. The Bertz CT molecular complexity index is 681. The number of carbonyl (C=O) groups excluding carboxylic acids is 1. The van der Waals surface area contributed by atoms with Gasteiger partial charge in [0.1, 0.15) is 6.79 Å². The Labute approximate surface area is 144 Å². The molecule has 0 radical (unpaired) electrons. The van der Waals surface area contributed by atoms with Crippen LogP contribution in [0.25, 0.3) is 11.3 Å². The highest BCUT2D eigenvalue weighted by Crippen LogP contribution is 2.65. The number of nitrogens with zero attached hydrogens (tertiary/aromatic N) is 2. The molecule has 4 nitrogen and oxygen atoms in total. The molecule has 24 heavy (non-hydrogen) atoms. The molecule has 1 N–H and O–H groups in total.